The van der Waals surface area contributed by atoms with Crippen LogP contribution in [0.1, 0.15) is 0 Å². The molecular weight excluding hydrogens is 360 g/mol. The van der Waals surface area contributed by atoms with E-state index in [1.165, 1.54) is 4.70 Å². The smallest absolute Gasteiger partial charge is 0.125 e. The number of nitrogens with two attached hydrogens (primary N) is 2. The van der Waals surface area contributed by atoms with E-state index < -0.39 is 0 Å². The highest BCUT2D eigenvalue weighted by Gasteiger charge is 2.16. The third-order valence-electron chi connectivity index (χ3n) is 4.25. The lowest BCUT2D eigenvalue weighted by Gasteiger charge is -2.05. The molecule has 2 heterocycles. The largest absolute Gasteiger partial charge is 0.399 e. The van der Waals surface area contributed by atoms with Crippen LogP contribution in [0, 0.1) is 0 Å². The first-order valence-corrected chi connectivity index (χ1v) is 9.73. The van der Waals surface area contributed by atoms with Crippen LogP contribution >= 0.6 is 22.7 Å². The predicted molar refractivity (Wildman–Crippen MR) is 112 cm³/mol. The molecule has 0 aliphatic rings. The van der Waals surface area contributed by atoms with Crippen molar-refractivity contribution >= 4 is 54.5 Å². The summed E-state index contributed by atoms with van der Waals surface area (Å²) < 4.78 is 2.23. The Morgan fingerprint density at radius 1 is 0.692 bits per heavy atom. The molecule has 0 bridgehead atoms. The van der Waals surface area contributed by atoms with E-state index in [4.69, 9.17) is 21.4 Å². The molecule has 3 aromatic carbocycles. The molecular formula is C20H14N4S2. The molecule has 4 N–H and O–H groups in total. The maximum absolute atomic E-state index is 6.09. The Bertz CT molecular complexity index is 1240. The van der Waals surface area contributed by atoms with Crippen molar-refractivity contribution in [2.75, 3.05) is 11.5 Å². The molecule has 6 heteroatoms. The lowest BCUT2D eigenvalue weighted by Crippen LogP contribution is -1.90. The maximum atomic E-state index is 6.09. The number of benzene rings is 3. The normalized spacial score (nSPS) is 11.4. The van der Waals surface area contributed by atoms with E-state index in [-0.39, 0.29) is 0 Å². The highest BCUT2D eigenvalue weighted by atomic mass is 32.1. The van der Waals surface area contributed by atoms with Gasteiger partial charge < -0.3 is 11.5 Å². The van der Waals surface area contributed by atoms with Gasteiger partial charge in [0.25, 0.3) is 0 Å². The Labute approximate surface area is 157 Å². The second-order valence-corrected chi connectivity index (χ2v) is 8.07. The molecule has 0 aliphatic carbocycles. The van der Waals surface area contributed by atoms with E-state index in [1.807, 2.05) is 54.6 Å². The van der Waals surface area contributed by atoms with Gasteiger partial charge in [-0.3, -0.25) is 0 Å². The minimum atomic E-state index is 0.690. The molecule has 0 spiro atoms. The van der Waals surface area contributed by atoms with Gasteiger partial charge in [0.05, 0.1) is 20.6 Å². The predicted octanol–water partition coefficient (Wildman–Crippen LogP) is 5.40. The van der Waals surface area contributed by atoms with Crippen molar-refractivity contribution in [2.24, 2.45) is 0 Å². The standard InChI is InChI=1S/C20H14N4S2/c21-11-8-9-12(19-23-15-5-1-2-6-16(15)25-19)13(10-11)20-24-18-14(22)4-3-7-17(18)26-20/h1-10H,21-22H2. The first-order chi connectivity index (χ1) is 12.7. The van der Waals surface area contributed by atoms with Crippen LogP contribution in [0.4, 0.5) is 11.4 Å². The minimum Gasteiger partial charge on any atom is -0.399 e. The summed E-state index contributed by atoms with van der Waals surface area (Å²) in [5, 5.41) is 1.87. The first kappa shape index (κ1) is 15.3. The Morgan fingerprint density at radius 3 is 2.31 bits per heavy atom. The van der Waals surface area contributed by atoms with E-state index in [2.05, 4.69) is 6.07 Å². The van der Waals surface area contributed by atoms with Crippen LogP contribution in [-0.2, 0) is 0 Å². The SMILES string of the molecule is Nc1ccc(-c2nc3ccccc3s2)c(-c2nc3c(N)cccc3s2)c1. The molecule has 0 unspecified atom stereocenters. The average Bonchev–Trinajstić information content (AvgIpc) is 3.26. The molecule has 0 amide bonds. The van der Waals surface area contributed by atoms with E-state index in [0.29, 0.717) is 11.4 Å². The zero-order valence-corrected chi connectivity index (χ0v) is 15.3. The molecule has 0 aliphatic heterocycles. The second kappa shape index (κ2) is 5.79. The van der Waals surface area contributed by atoms with Gasteiger partial charge in [0.1, 0.15) is 15.5 Å². The van der Waals surface area contributed by atoms with Crippen LogP contribution in [0.25, 0.3) is 41.6 Å². The number of para-hydroxylation sites is 2. The van der Waals surface area contributed by atoms with Gasteiger partial charge >= 0.3 is 0 Å². The molecule has 26 heavy (non-hydrogen) atoms. The number of fused-ring (bicyclic) bond motifs is 2. The van der Waals surface area contributed by atoms with Crippen LogP contribution in [0.3, 0.4) is 0 Å². The summed E-state index contributed by atoms with van der Waals surface area (Å²) in [4.78, 5) is 9.58. The summed E-state index contributed by atoms with van der Waals surface area (Å²) in [6.45, 7) is 0. The molecule has 2 aromatic heterocycles. The van der Waals surface area contributed by atoms with Crippen molar-refractivity contribution in [3.8, 4) is 21.1 Å². The monoisotopic (exact) mass is 374 g/mol. The Morgan fingerprint density at radius 2 is 1.46 bits per heavy atom. The molecule has 0 atom stereocenters. The third-order valence-corrected chi connectivity index (χ3v) is 6.37. The van der Waals surface area contributed by atoms with Crippen LogP contribution in [0.2, 0.25) is 0 Å². The van der Waals surface area contributed by atoms with Crippen LogP contribution in [-0.4, -0.2) is 9.97 Å². The van der Waals surface area contributed by atoms with Gasteiger partial charge in [-0.2, -0.15) is 0 Å². The number of thiazole rings is 2. The average molecular weight is 374 g/mol. The van der Waals surface area contributed by atoms with Gasteiger partial charge in [-0.15, -0.1) is 22.7 Å². The number of anilines is 2. The van der Waals surface area contributed by atoms with Gasteiger partial charge in [-0.25, -0.2) is 9.97 Å². The molecule has 5 aromatic rings. The van der Waals surface area contributed by atoms with Crippen molar-refractivity contribution < 1.29 is 0 Å². The molecule has 126 valence electrons. The Balaban J connectivity index is 1.75. The molecule has 0 saturated carbocycles. The summed E-state index contributed by atoms with van der Waals surface area (Å²) >= 11 is 3.29. The zero-order valence-electron chi connectivity index (χ0n) is 13.6. The van der Waals surface area contributed by atoms with Crippen molar-refractivity contribution in [3.05, 3.63) is 60.7 Å². The van der Waals surface area contributed by atoms with Gasteiger partial charge in [0, 0.05) is 16.8 Å². The van der Waals surface area contributed by atoms with Gasteiger partial charge in [0.2, 0.25) is 0 Å². The molecule has 4 nitrogen and oxygen atoms in total. The third kappa shape index (κ3) is 2.42. The lowest BCUT2D eigenvalue weighted by atomic mass is 10.1. The van der Waals surface area contributed by atoms with Crippen molar-refractivity contribution in [3.63, 3.8) is 0 Å². The number of nitrogen functional groups attached to an aromatic ring is 2. The summed E-state index contributed by atoms with van der Waals surface area (Å²) in [5.74, 6) is 0. The Hall–Kier alpha value is -2.96. The second-order valence-electron chi connectivity index (χ2n) is 6.00. The lowest BCUT2D eigenvalue weighted by molar-refractivity contribution is 1.44. The van der Waals surface area contributed by atoms with E-state index >= 15 is 0 Å². The fraction of sp³-hybridized carbons (Fsp3) is 0. The minimum absolute atomic E-state index is 0.690. The fourth-order valence-corrected chi connectivity index (χ4v) is 5.03. The summed E-state index contributed by atoms with van der Waals surface area (Å²) in [6.07, 6.45) is 0. The van der Waals surface area contributed by atoms with Crippen molar-refractivity contribution in [1.29, 1.82) is 0 Å². The van der Waals surface area contributed by atoms with E-state index in [1.54, 1.807) is 22.7 Å². The van der Waals surface area contributed by atoms with Crippen LogP contribution in [0.5, 0.6) is 0 Å². The van der Waals surface area contributed by atoms with Gasteiger partial charge in [0.15, 0.2) is 0 Å². The zero-order chi connectivity index (χ0) is 17.7. The quantitative estimate of drug-likeness (QED) is 0.405. The maximum Gasteiger partial charge on any atom is 0.125 e. The highest BCUT2D eigenvalue weighted by molar-refractivity contribution is 7.22. The first-order valence-electron chi connectivity index (χ1n) is 8.10. The van der Waals surface area contributed by atoms with Gasteiger partial charge in [-0.1, -0.05) is 18.2 Å². The number of rotatable bonds is 2. The number of nitrogens with zero attached hydrogens (tertiary/aromatic N) is 2. The van der Waals surface area contributed by atoms with Crippen molar-refractivity contribution in [1.82, 2.24) is 9.97 Å². The number of hydrogen-bond acceptors (Lipinski definition) is 6. The van der Waals surface area contributed by atoms with Crippen LogP contribution < -0.4 is 11.5 Å². The molecule has 5 rings (SSSR count). The van der Waals surface area contributed by atoms with Gasteiger partial charge in [-0.05, 0) is 42.5 Å². The number of hydrogen-bond donors (Lipinski definition) is 2. The summed E-state index contributed by atoms with van der Waals surface area (Å²) in [7, 11) is 0. The topological polar surface area (TPSA) is 77.8 Å². The summed E-state index contributed by atoms with van der Waals surface area (Å²) in [6, 6.07) is 19.9. The van der Waals surface area contributed by atoms with Crippen molar-refractivity contribution in [2.45, 2.75) is 0 Å². The van der Waals surface area contributed by atoms with E-state index in [9.17, 15) is 0 Å². The molecule has 0 radical (unpaired) electrons. The highest BCUT2D eigenvalue weighted by Crippen LogP contribution is 2.41. The van der Waals surface area contributed by atoms with Crippen LogP contribution in [0.15, 0.2) is 60.7 Å². The molecule has 0 saturated heterocycles. The van der Waals surface area contributed by atoms with E-state index in [0.717, 1.165) is 36.9 Å². The molecule has 0 fully saturated rings. The Kier molecular flexibility index (Phi) is 3.41. The summed E-state index contributed by atoms with van der Waals surface area (Å²) in [5.41, 5.74) is 17.4. The number of aromatic nitrogens is 2. The fourth-order valence-electron chi connectivity index (χ4n) is 3.00.